The molecule has 0 heterocycles. The van der Waals surface area contributed by atoms with Crippen LogP contribution in [0.1, 0.15) is 83.8 Å². The van der Waals surface area contributed by atoms with E-state index in [4.69, 9.17) is 25.7 Å². The van der Waals surface area contributed by atoms with Crippen LogP contribution in [0.25, 0.3) is 0 Å². The predicted molar refractivity (Wildman–Crippen MR) is 179 cm³/mol. The van der Waals surface area contributed by atoms with Crippen LogP contribution in [-0.4, -0.2) is 80.0 Å². The predicted octanol–water partition coefficient (Wildman–Crippen LogP) is 3.61. The standard InChI is InChI=1S/C36H60N4O6/c1-22(2)29(34(42)39-33-27-12-25-13-28(33)18-36(16-25,17-27)35(38)43)15-31(41)30(37)20-40(23(3)4)19-24-8-9-26(21-45-6)32(14-24)46-11-7-10-44-5/h8-9,14,22-23,25,27-31,33,41H,7,10-13,15-21,37H2,1-6H3,(H2,38,43)(H,39,42)/t25?,27?,28?,29-,30-,31-,33?,36?/m0/s1. The summed E-state index contributed by atoms with van der Waals surface area (Å²) in [6.45, 7) is 11.1. The van der Waals surface area contributed by atoms with Gasteiger partial charge >= 0.3 is 0 Å². The smallest absolute Gasteiger partial charge is 0.223 e. The van der Waals surface area contributed by atoms with Gasteiger partial charge in [0.1, 0.15) is 5.75 Å². The van der Waals surface area contributed by atoms with Crippen LogP contribution in [0.3, 0.4) is 0 Å². The second kappa shape index (κ2) is 16.2. The topological polar surface area (TPSA) is 149 Å². The molecule has 10 heteroatoms. The van der Waals surface area contributed by atoms with Crippen LogP contribution in [0.15, 0.2) is 18.2 Å². The summed E-state index contributed by atoms with van der Waals surface area (Å²) in [6.07, 6.45) is 4.84. The lowest BCUT2D eigenvalue weighted by atomic mass is 9.47. The van der Waals surface area contributed by atoms with Crippen LogP contribution in [0.4, 0.5) is 0 Å². The van der Waals surface area contributed by atoms with Gasteiger partial charge in [0.25, 0.3) is 0 Å². The molecule has 0 aliphatic heterocycles. The monoisotopic (exact) mass is 644 g/mol. The Labute approximate surface area is 276 Å². The molecule has 4 aliphatic rings. The minimum atomic E-state index is -0.834. The van der Waals surface area contributed by atoms with E-state index in [-0.39, 0.29) is 41.1 Å². The molecule has 0 spiro atoms. The van der Waals surface area contributed by atoms with Gasteiger partial charge in [-0.15, -0.1) is 0 Å². The molecule has 4 fully saturated rings. The van der Waals surface area contributed by atoms with Gasteiger partial charge in [-0.25, -0.2) is 0 Å². The number of carbonyl (C=O) groups excluding carboxylic acids is 2. The number of nitrogens with two attached hydrogens (primary N) is 2. The third-order valence-electron chi connectivity index (χ3n) is 11.0. The van der Waals surface area contributed by atoms with Crippen molar-refractivity contribution in [2.24, 2.45) is 46.5 Å². The zero-order valence-corrected chi connectivity index (χ0v) is 29.0. The number of hydrogen-bond donors (Lipinski definition) is 4. The van der Waals surface area contributed by atoms with Crippen molar-refractivity contribution in [2.45, 2.75) is 110 Å². The average molecular weight is 645 g/mol. The van der Waals surface area contributed by atoms with Gasteiger partial charge < -0.3 is 36.1 Å². The number of nitrogens with one attached hydrogen (secondary N) is 1. The summed E-state index contributed by atoms with van der Waals surface area (Å²) in [4.78, 5) is 28.4. The molecule has 6 N–H and O–H groups in total. The molecule has 1 aromatic rings. The van der Waals surface area contributed by atoms with E-state index in [1.54, 1.807) is 14.2 Å². The fourth-order valence-electron chi connectivity index (χ4n) is 8.53. The number of aliphatic hydroxyl groups is 1. The molecule has 2 unspecified atom stereocenters. The van der Waals surface area contributed by atoms with Crippen LogP contribution in [-0.2, 0) is 32.2 Å². The zero-order valence-electron chi connectivity index (χ0n) is 29.0. The summed E-state index contributed by atoms with van der Waals surface area (Å²) < 4.78 is 16.6. The largest absolute Gasteiger partial charge is 0.493 e. The summed E-state index contributed by atoms with van der Waals surface area (Å²) in [5.41, 5.74) is 14.2. The summed E-state index contributed by atoms with van der Waals surface area (Å²) in [5, 5.41) is 14.7. The van der Waals surface area contributed by atoms with Gasteiger partial charge in [-0.2, -0.15) is 0 Å². The van der Waals surface area contributed by atoms with E-state index in [9.17, 15) is 14.7 Å². The van der Waals surface area contributed by atoms with Gasteiger partial charge in [-0.3, -0.25) is 14.5 Å². The number of hydrogen-bond acceptors (Lipinski definition) is 8. The van der Waals surface area contributed by atoms with Crippen LogP contribution < -0.4 is 21.5 Å². The molecule has 260 valence electrons. The minimum absolute atomic E-state index is 0.0123. The maximum Gasteiger partial charge on any atom is 0.223 e. The van der Waals surface area contributed by atoms with E-state index >= 15 is 0 Å². The number of ether oxygens (including phenoxy) is 3. The molecule has 0 saturated heterocycles. The quantitative estimate of drug-likeness (QED) is 0.167. The fourth-order valence-corrected chi connectivity index (χ4v) is 8.53. The summed E-state index contributed by atoms with van der Waals surface area (Å²) >= 11 is 0. The molecule has 0 aromatic heterocycles. The summed E-state index contributed by atoms with van der Waals surface area (Å²) in [7, 11) is 3.36. The van der Waals surface area contributed by atoms with Gasteiger partial charge in [-0.1, -0.05) is 26.0 Å². The fraction of sp³-hybridized carbons (Fsp3) is 0.778. The highest BCUT2D eigenvalue weighted by Gasteiger charge is 2.58. The Morgan fingerprint density at radius 1 is 1.07 bits per heavy atom. The van der Waals surface area contributed by atoms with E-state index in [0.29, 0.717) is 57.1 Å². The van der Waals surface area contributed by atoms with Crippen LogP contribution in [0, 0.1) is 35.0 Å². The third kappa shape index (κ3) is 8.81. The Bertz CT molecular complexity index is 1150. The molecular formula is C36H60N4O6. The van der Waals surface area contributed by atoms with Crippen molar-refractivity contribution in [1.29, 1.82) is 0 Å². The minimum Gasteiger partial charge on any atom is -0.493 e. The molecule has 4 saturated carbocycles. The van der Waals surface area contributed by atoms with Crippen molar-refractivity contribution >= 4 is 11.8 Å². The van der Waals surface area contributed by atoms with Crippen molar-refractivity contribution in [1.82, 2.24) is 10.2 Å². The number of nitrogens with zero attached hydrogens (tertiary/aromatic N) is 1. The van der Waals surface area contributed by atoms with E-state index in [2.05, 4.69) is 36.2 Å². The molecule has 46 heavy (non-hydrogen) atoms. The van der Waals surface area contributed by atoms with Crippen LogP contribution in [0.2, 0.25) is 0 Å². The first-order chi connectivity index (χ1) is 21.9. The Hall–Kier alpha value is -2.24. The Morgan fingerprint density at radius 3 is 2.35 bits per heavy atom. The van der Waals surface area contributed by atoms with Crippen molar-refractivity contribution in [3.8, 4) is 5.75 Å². The molecule has 4 bridgehead atoms. The normalized spacial score (nSPS) is 27.3. The van der Waals surface area contributed by atoms with E-state index in [1.165, 1.54) is 0 Å². The molecule has 0 radical (unpaired) electrons. The van der Waals surface area contributed by atoms with Gasteiger partial charge in [-0.05, 0) is 87.7 Å². The van der Waals surface area contributed by atoms with E-state index in [1.807, 2.05) is 19.9 Å². The Morgan fingerprint density at radius 2 is 1.76 bits per heavy atom. The van der Waals surface area contributed by atoms with Gasteiger partial charge in [0.2, 0.25) is 11.8 Å². The SMILES string of the molecule is COCCCOc1cc(CN(C[C@H](N)[C@@H](O)C[C@H](C(=O)NC2C3CC4CC2CC(C(N)=O)(C4)C3)C(C)C)C(C)C)ccc1COC. The third-order valence-corrected chi connectivity index (χ3v) is 11.0. The lowest BCUT2D eigenvalue weighted by Gasteiger charge is -2.59. The number of rotatable bonds is 19. The zero-order chi connectivity index (χ0) is 33.6. The lowest BCUT2D eigenvalue weighted by molar-refractivity contribution is -0.148. The number of primary amides is 1. The van der Waals surface area contributed by atoms with Crippen LogP contribution in [0.5, 0.6) is 5.75 Å². The molecule has 2 amide bonds. The summed E-state index contributed by atoms with van der Waals surface area (Å²) in [6, 6.07) is 5.93. The van der Waals surface area contributed by atoms with Crippen LogP contribution >= 0.6 is 0 Å². The second-order valence-corrected chi connectivity index (χ2v) is 15.1. The molecule has 4 aliphatic carbocycles. The maximum absolute atomic E-state index is 13.7. The second-order valence-electron chi connectivity index (χ2n) is 15.1. The average Bonchev–Trinajstić information content (AvgIpc) is 2.99. The molecule has 5 atom stereocenters. The maximum atomic E-state index is 13.7. The lowest BCUT2D eigenvalue weighted by Crippen LogP contribution is -2.62. The Balaban J connectivity index is 1.36. The highest BCUT2D eigenvalue weighted by atomic mass is 16.5. The first-order valence-electron chi connectivity index (χ1n) is 17.4. The van der Waals surface area contributed by atoms with Gasteiger partial charge in [0, 0.05) is 75.4 Å². The number of carbonyl (C=O) groups is 2. The molecule has 1 aromatic carbocycles. The number of amides is 2. The molecule has 5 rings (SSSR count). The highest BCUT2D eigenvalue weighted by molar-refractivity contribution is 5.82. The Kier molecular flexibility index (Phi) is 12.9. The van der Waals surface area contributed by atoms with E-state index < -0.39 is 12.1 Å². The number of aliphatic hydroxyl groups excluding tert-OH is 1. The van der Waals surface area contributed by atoms with E-state index in [0.717, 1.165) is 55.4 Å². The molecular weight excluding hydrogens is 584 g/mol. The van der Waals surface area contributed by atoms with Crippen molar-refractivity contribution in [2.75, 3.05) is 34.0 Å². The summed E-state index contributed by atoms with van der Waals surface area (Å²) in [5.74, 6) is 1.43. The van der Waals surface area contributed by atoms with Gasteiger partial charge in [0.15, 0.2) is 0 Å². The number of methoxy groups -OCH3 is 2. The van der Waals surface area contributed by atoms with Crippen molar-refractivity contribution < 1.29 is 28.9 Å². The number of benzene rings is 1. The van der Waals surface area contributed by atoms with Crippen molar-refractivity contribution in [3.05, 3.63) is 29.3 Å². The first kappa shape index (κ1) is 36.6. The van der Waals surface area contributed by atoms with Gasteiger partial charge in [0.05, 0.1) is 19.3 Å². The molecule has 10 nitrogen and oxygen atoms in total. The highest BCUT2D eigenvalue weighted by Crippen LogP contribution is 2.60. The van der Waals surface area contributed by atoms with Crippen molar-refractivity contribution in [3.63, 3.8) is 0 Å². The first-order valence-corrected chi connectivity index (χ1v) is 17.4.